The number of nitrogens with one attached hydrogen (secondary N) is 1. The van der Waals surface area contributed by atoms with Gasteiger partial charge >= 0.3 is 0 Å². The first-order valence-electron chi connectivity index (χ1n) is 5.35. The zero-order valence-corrected chi connectivity index (χ0v) is 10.3. The summed E-state index contributed by atoms with van der Waals surface area (Å²) in [6, 6.07) is 3.83. The van der Waals surface area contributed by atoms with E-state index in [0.717, 1.165) is 5.69 Å². The molecule has 0 saturated carbocycles. The standard InChI is InChI=1S/C12H17N3O2/c1-8-4-11(10(5-13)9(2)15-8)14-6-12(3,17)7-16/h4,16-17H,6-7H2,1-3H3,(H,14,15). The molecule has 1 rings (SSSR count). The molecule has 1 unspecified atom stereocenters. The van der Waals surface area contributed by atoms with E-state index in [2.05, 4.69) is 16.4 Å². The lowest BCUT2D eigenvalue weighted by molar-refractivity contribution is 0.0132. The van der Waals surface area contributed by atoms with E-state index in [4.69, 9.17) is 10.4 Å². The van der Waals surface area contributed by atoms with E-state index in [1.165, 1.54) is 6.92 Å². The smallest absolute Gasteiger partial charge is 0.103 e. The average molecular weight is 235 g/mol. The van der Waals surface area contributed by atoms with Crippen LogP contribution in [0.4, 0.5) is 5.69 Å². The van der Waals surface area contributed by atoms with Gasteiger partial charge in [-0.3, -0.25) is 4.98 Å². The molecule has 0 saturated heterocycles. The highest BCUT2D eigenvalue weighted by molar-refractivity contribution is 5.59. The molecule has 92 valence electrons. The number of aliphatic hydroxyl groups excluding tert-OH is 1. The molecule has 0 spiro atoms. The topological polar surface area (TPSA) is 89.2 Å². The van der Waals surface area contributed by atoms with Crippen LogP contribution >= 0.6 is 0 Å². The number of pyridine rings is 1. The highest BCUT2D eigenvalue weighted by atomic mass is 16.3. The Kier molecular flexibility index (Phi) is 4.05. The van der Waals surface area contributed by atoms with Crippen molar-refractivity contribution in [2.75, 3.05) is 18.5 Å². The van der Waals surface area contributed by atoms with Crippen molar-refractivity contribution in [1.82, 2.24) is 4.98 Å². The first kappa shape index (κ1) is 13.4. The third-order valence-corrected chi connectivity index (χ3v) is 2.44. The molecule has 5 nitrogen and oxygen atoms in total. The van der Waals surface area contributed by atoms with Gasteiger partial charge in [0, 0.05) is 12.2 Å². The lowest BCUT2D eigenvalue weighted by atomic mass is 10.1. The number of aliphatic hydroxyl groups is 2. The minimum atomic E-state index is -1.21. The van der Waals surface area contributed by atoms with E-state index < -0.39 is 5.60 Å². The number of nitrogens with zero attached hydrogens (tertiary/aromatic N) is 2. The summed E-state index contributed by atoms with van der Waals surface area (Å²) in [5.74, 6) is 0. The largest absolute Gasteiger partial charge is 0.393 e. The lowest BCUT2D eigenvalue weighted by Gasteiger charge is -2.22. The van der Waals surface area contributed by atoms with Crippen molar-refractivity contribution in [2.45, 2.75) is 26.4 Å². The third kappa shape index (κ3) is 3.41. The fraction of sp³-hybridized carbons (Fsp3) is 0.500. The van der Waals surface area contributed by atoms with Crippen LogP contribution in [-0.4, -0.2) is 33.9 Å². The van der Waals surface area contributed by atoms with Crippen LogP contribution in [-0.2, 0) is 0 Å². The normalized spacial score (nSPS) is 13.9. The van der Waals surface area contributed by atoms with Gasteiger partial charge in [-0.05, 0) is 26.8 Å². The van der Waals surface area contributed by atoms with Crippen molar-refractivity contribution in [1.29, 1.82) is 5.26 Å². The summed E-state index contributed by atoms with van der Waals surface area (Å²) in [6.07, 6.45) is 0. The van der Waals surface area contributed by atoms with Gasteiger partial charge in [-0.2, -0.15) is 5.26 Å². The molecule has 1 aromatic heterocycles. The Balaban J connectivity index is 2.95. The molecule has 0 aromatic carbocycles. The first-order chi connectivity index (χ1) is 7.89. The zero-order valence-electron chi connectivity index (χ0n) is 10.3. The van der Waals surface area contributed by atoms with Crippen molar-refractivity contribution in [3.8, 4) is 6.07 Å². The summed E-state index contributed by atoms with van der Waals surface area (Å²) in [4.78, 5) is 4.20. The van der Waals surface area contributed by atoms with E-state index in [-0.39, 0.29) is 13.2 Å². The highest BCUT2D eigenvalue weighted by Gasteiger charge is 2.19. The van der Waals surface area contributed by atoms with Gasteiger partial charge in [-0.25, -0.2) is 0 Å². The lowest BCUT2D eigenvalue weighted by Crippen LogP contribution is -2.37. The van der Waals surface area contributed by atoms with Gasteiger partial charge in [0.2, 0.25) is 0 Å². The monoisotopic (exact) mass is 235 g/mol. The second-order valence-corrected chi connectivity index (χ2v) is 4.39. The average Bonchev–Trinajstić information content (AvgIpc) is 2.26. The number of hydrogen-bond acceptors (Lipinski definition) is 5. The first-order valence-corrected chi connectivity index (χ1v) is 5.35. The summed E-state index contributed by atoms with van der Waals surface area (Å²) in [5.41, 5.74) is 1.33. The van der Waals surface area contributed by atoms with Gasteiger partial charge in [0.1, 0.15) is 11.7 Å². The van der Waals surface area contributed by atoms with E-state index in [1.807, 2.05) is 6.92 Å². The van der Waals surface area contributed by atoms with Crippen LogP contribution in [0.1, 0.15) is 23.9 Å². The summed E-state index contributed by atoms with van der Waals surface area (Å²) >= 11 is 0. The van der Waals surface area contributed by atoms with Crippen LogP contribution in [0.5, 0.6) is 0 Å². The van der Waals surface area contributed by atoms with E-state index >= 15 is 0 Å². The SMILES string of the molecule is Cc1cc(NCC(C)(O)CO)c(C#N)c(C)n1. The van der Waals surface area contributed by atoms with Crippen molar-refractivity contribution in [2.24, 2.45) is 0 Å². The van der Waals surface area contributed by atoms with Gasteiger partial charge in [-0.1, -0.05) is 0 Å². The Labute approximate surface area is 101 Å². The summed E-state index contributed by atoms with van der Waals surface area (Å²) in [5, 5.41) is 30.6. The molecule has 0 aliphatic heterocycles. The van der Waals surface area contributed by atoms with Crippen LogP contribution in [0.2, 0.25) is 0 Å². The molecule has 5 heteroatoms. The van der Waals surface area contributed by atoms with Gasteiger partial charge in [0.15, 0.2) is 0 Å². The molecule has 3 N–H and O–H groups in total. The molecule has 0 aliphatic carbocycles. The predicted molar refractivity (Wildman–Crippen MR) is 64.6 cm³/mol. The van der Waals surface area contributed by atoms with Crippen LogP contribution in [0, 0.1) is 25.2 Å². The van der Waals surface area contributed by atoms with E-state index in [1.54, 1.807) is 13.0 Å². The van der Waals surface area contributed by atoms with Crippen molar-refractivity contribution < 1.29 is 10.2 Å². The van der Waals surface area contributed by atoms with Gasteiger partial charge < -0.3 is 15.5 Å². The minimum Gasteiger partial charge on any atom is -0.393 e. The van der Waals surface area contributed by atoms with Crippen LogP contribution in [0.15, 0.2) is 6.07 Å². The van der Waals surface area contributed by atoms with Crippen molar-refractivity contribution >= 4 is 5.69 Å². The maximum Gasteiger partial charge on any atom is 0.103 e. The zero-order chi connectivity index (χ0) is 13.1. The fourth-order valence-electron chi connectivity index (χ4n) is 1.45. The van der Waals surface area contributed by atoms with Crippen LogP contribution in [0.25, 0.3) is 0 Å². The predicted octanol–water partition coefficient (Wildman–Crippen LogP) is 0.725. The van der Waals surface area contributed by atoms with Gasteiger partial charge in [0.05, 0.1) is 23.6 Å². The fourth-order valence-corrected chi connectivity index (χ4v) is 1.45. The molecule has 17 heavy (non-hydrogen) atoms. The molecule has 1 atom stereocenters. The Morgan fingerprint density at radius 3 is 2.71 bits per heavy atom. The summed E-state index contributed by atoms with van der Waals surface area (Å²) < 4.78 is 0. The number of aromatic nitrogens is 1. The number of nitriles is 1. The van der Waals surface area contributed by atoms with E-state index in [0.29, 0.717) is 16.9 Å². The summed E-state index contributed by atoms with van der Waals surface area (Å²) in [6.45, 7) is 4.95. The number of rotatable bonds is 4. The van der Waals surface area contributed by atoms with Crippen LogP contribution < -0.4 is 5.32 Å². The van der Waals surface area contributed by atoms with Crippen molar-refractivity contribution in [3.63, 3.8) is 0 Å². The number of hydrogen-bond donors (Lipinski definition) is 3. The second-order valence-electron chi connectivity index (χ2n) is 4.39. The maximum absolute atomic E-state index is 9.68. The van der Waals surface area contributed by atoms with Crippen molar-refractivity contribution in [3.05, 3.63) is 23.0 Å². The molecule has 0 fully saturated rings. The van der Waals surface area contributed by atoms with Gasteiger partial charge in [-0.15, -0.1) is 0 Å². The van der Waals surface area contributed by atoms with E-state index in [9.17, 15) is 5.11 Å². The molecule has 0 radical (unpaired) electrons. The summed E-state index contributed by atoms with van der Waals surface area (Å²) in [7, 11) is 0. The Bertz CT molecular complexity index is 450. The quantitative estimate of drug-likeness (QED) is 0.715. The third-order valence-electron chi connectivity index (χ3n) is 2.44. The molecule has 0 aliphatic rings. The Hall–Kier alpha value is -1.64. The molecule has 1 aromatic rings. The van der Waals surface area contributed by atoms with Gasteiger partial charge in [0.25, 0.3) is 0 Å². The number of aryl methyl sites for hydroxylation is 2. The molecule has 0 amide bonds. The number of anilines is 1. The Morgan fingerprint density at radius 2 is 2.18 bits per heavy atom. The maximum atomic E-state index is 9.68. The molecular weight excluding hydrogens is 218 g/mol. The Morgan fingerprint density at radius 1 is 1.53 bits per heavy atom. The molecule has 1 heterocycles. The second kappa shape index (κ2) is 5.13. The molecule has 0 bridgehead atoms. The van der Waals surface area contributed by atoms with Crippen LogP contribution in [0.3, 0.4) is 0 Å². The molecular formula is C12H17N3O2. The minimum absolute atomic E-state index is 0.168. The highest BCUT2D eigenvalue weighted by Crippen LogP contribution is 2.19.